The summed E-state index contributed by atoms with van der Waals surface area (Å²) in [5.41, 5.74) is 5.45. The molecule has 3 N–H and O–H groups in total. The number of hydrogen-bond donors (Lipinski definition) is 2. The number of aromatic nitrogens is 2. The molecule has 0 aromatic carbocycles. The van der Waals surface area contributed by atoms with E-state index in [4.69, 9.17) is 11.1 Å². The van der Waals surface area contributed by atoms with Crippen molar-refractivity contribution in [1.29, 1.82) is 5.41 Å². The third kappa shape index (κ3) is 3.44. The van der Waals surface area contributed by atoms with Crippen LogP contribution in [0.2, 0.25) is 0 Å². The number of rotatable bonds is 5. The summed E-state index contributed by atoms with van der Waals surface area (Å²) in [5.74, 6) is 0.863. The second-order valence-electron chi connectivity index (χ2n) is 3.60. The van der Waals surface area contributed by atoms with Gasteiger partial charge in [-0.25, -0.2) is 9.97 Å². The van der Waals surface area contributed by atoms with Gasteiger partial charge < -0.3 is 10.6 Å². The minimum atomic E-state index is 0.00666. The average molecular weight is 286 g/mol. The number of nitrogens with zero attached hydrogens (tertiary/aromatic N) is 3. The molecule has 16 heavy (non-hydrogen) atoms. The summed E-state index contributed by atoms with van der Waals surface area (Å²) in [6.07, 6.45) is 3.42. The highest BCUT2D eigenvalue weighted by atomic mass is 79.9. The van der Waals surface area contributed by atoms with Crippen molar-refractivity contribution < 1.29 is 0 Å². The Hall–Kier alpha value is -1.17. The van der Waals surface area contributed by atoms with Gasteiger partial charge in [0.2, 0.25) is 5.95 Å². The summed E-state index contributed by atoms with van der Waals surface area (Å²) < 4.78 is 0.854. The van der Waals surface area contributed by atoms with Gasteiger partial charge in [-0.05, 0) is 22.9 Å². The minimum absolute atomic E-state index is 0.00666. The van der Waals surface area contributed by atoms with E-state index in [2.05, 4.69) is 25.9 Å². The van der Waals surface area contributed by atoms with Crippen LogP contribution in [0.25, 0.3) is 0 Å². The zero-order valence-corrected chi connectivity index (χ0v) is 11.0. The lowest BCUT2D eigenvalue weighted by Gasteiger charge is -2.23. The van der Waals surface area contributed by atoms with Crippen LogP contribution in [-0.2, 0) is 0 Å². The van der Waals surface area contributed by atoms with E-state index in [0.717, 1.165) is 11.0 Å². The number of halogens is 1. The van der Waals surface area contributed by atoms with Crippen molar-refractivity contribution in [3.05, 3.63) is 16.9 Å². The molecule has 1 rings (SSSR count). The van der Waals surface area contributed by atoms with Crippen molar-refractivity contribution in [3.63, 3.8) is 0 Å². The quantitative estimate of drug-likeness (QED) is 0.637. The summed E-state index contributed by atoms with van der Waals surface area (Å²) in [4.78, 5) is 10.4. The van der Waals surface area contributed by atoms with Crippen molar-refractivity contribution >= 4 is 27.7 Å². The first kappa shape index (κ1) is 12.9. The van der Waals surface area contributed by atoms with Crippen LogP contribution in [0.4, 0.5) is 5.95 Å². The highest BCUT2D eigenvalue weighted by molar-refractivity contribution is 9.10. The molecule has 0 amide bonds. The Morgan fingerprint density at radius 3 is 2.56 bits per heavy atom. The Kier molecular flexibility index (Phi) is 4.67. The number of anilines is 1. The van der Waals surface area contributed by atoms with Crippen molar-refractivity contribution in [2.45, 2.75) is 13.8 Å². The zero-order valence-electron chi connectivity index (χ0n) is 9.44. The fourth-order valence-electron chi connectivity index (χ4n) is 1.25. The minimum Gasteiger partial charge on any atom is -0.387 e. The van der Waals surface area contributed by atoms with Crippen molar-refractivity contribution in [2.75, 3.05) is 18.0 Å². The van der Waals surface area contributed by atoms with Gasteiger partial charge in [-0.2, -0.15) is 0 Å². The second-order valence-corrected chi connectivity index (χ2v) is 4.51. The van der Waals surface area contributed by atoms with Gasteiger partial charge in [-0.3, -0.25) is 5.41 Å². The van der Waals surface area contributed by atoms with E-state index >= 15 is 0 Å². The molecule has 1 unspecified atom stereocenters. The molecule has 0 radical (unpaired) electrons. The molecule has 5 nitrogen and oxygen atoms in total. The SMILES string of the molecule is CCN(CC(C)C(=N)N)c1ncc(Br)cn1. The van der Waals surface area contributed by atoms with Crippen LogP contribution in [0, 0.1) is 11.3 Å². The summed E-state index contributed by atoms with van der Waals surface area (Å²) in [5, 5.41) is 7.37. The molecule has 1 aromatic rings. The predicted molar refractivity (Wildman–Crippen MR) is 68.7 cm³/mol. The van der Waals surface area contributed by atoms with Crippen molar-refractivity contribution in [3.8, 4) is 0 Å². The smallest absolute Gasteiger partial charge is 0.225 e. The molecule has 0 bridgehead atoms. The maximum Gasteiger partial charge on any atom is 0.225 e. The first-order valence-electron chi connectivity index (χ1n) is 5.11. The van der Waals surface area contributed by atoms with Crippen LogP contribution >= 0.6 is 15.9 Å². The van der Waals surface area contributed by atoms with E-state index < -0.39 is 0 Å². The van der Waals surface area contributed by atoms with Gasteiger partial charge in [0.15, 0.2) is 0 Å². The third-order valence-corrected chi connectivity index (χ3v) is 2.71. The molecule has 0 aliphatic heterocycles. The molecule has 0 spiro atoms. The van der Waals surface area contributed by atoms with Crippen LogP contribution in [0.3, 0.4) is 0 Å². The van der Waals surface area contributed by atoms with Gasteiger partial charge in [0, 0.05) is 31.4 Å². The molecular weight excluding hydrogens is 270 g/mol. The lowest BCUT2D eigenvalue weighted by molar-refractivity contribution is 0.681. The van der Waals surface area contributed by atoms with Crippen LogP contribution in [-0.4, -0.2) is 28.9 Å². The molecule has 0 aliphatic carbocycles. The molecule has 1 atom stereocenters. The molecule has 88 valence electrons. The molecule has 1 aromatic heterocycles. The first-order valence-corrected chi connectivity index (χ1v) is 5.90. The van der Waals surface area contributed by atoms with E-state index in [1.807, 2.05) is 18.7 Å². The van der Waals surface area contributed by atoms with Crippen molar-refractivity contribution in [1.82, 2.24) is 9.97 Å². The normalized spacial score (nSPS) is 12.2. The molecule has 0 saturated heterocycles. The number of amidine groups is 1. The number of hydrogen-bond acceptors (Lipinski definition) is 4. The number of nitrogens with two attached hydrogens (primary N) is 1. The third-order valence-electron chi connectivity index (χ3n) is 2.30. The summed E-state index contributed by atoms with van der Waals surface area (Å²) in [6.45, 7) is 5.40. The van der Waals surface area contributed by atoms with Gasteiger partial charge in [0.1, 0.15) is 0 Å². The van der Waals surface area contributed by atoms with E-state index in [0.29, 0.717) is 12.5 Å². The molecule has 0 aliphatic rings. The van der Waals surface area contributed by atoms with E-state index in [9.17, 15) is 0 Å². The number of nitrogens with one attached hydrogen (secondary N) is 1. The molecule has 0 fully saturated rings. The van der Waals surface area contributed by atoms with E-state index in [1.165, 1.54) is 0 Å². The Bertz CT molecular complexity index is 351. The second kappa shape index (κ2) is 5.79. The Labute approximate surface area is 104 Å². The Morgan fingerprint density at radius 2 is 2.12 bits per heavy atom. The maximum absolute atomic E-state index is 7.37. The summed E-state index contributed by atoms with van der Waals surface area (Å²) in [6, 6.07) is 0. The molecule has 0 saturated carbocycles. The first-order chi connectivity index (χ1) is 7.54. The standard InChI is InChI=1S/C10H16BrN5/c1-3-16(6-7(2)9(12)13)10-14-4-8(11)5-15-10/h4-5,7H,3,6H2,1-2H3,(H3,12,13). The highest BCUT2D eigenvalue weighted by Gasteiger charge is 2.13. The summed E-state index contributed by atoms with van der Waals surface area (Å²) in [7, 11) is 0. The Balaban J connectivity index is 2.74. The molecular formula is C10H16BrN5. The van der Waals surface area contributed by atoms with E-state index in [1.54, 1.807) is 12.4 Å². The van der Waals surface area contributed by atoms with Gasteiger partial charge in [0.25, 0.3) is 0 Å². The van der Waals surface area contributed by atoms with Gasteiger partial charge in [-0.15, -0.1) is 0 Å². The lowest BCUT2D eigenvalue weighted by Crippen LogP contribution is -2.35. The van der Waals surface area contributed by atoms with Crippen LogP contribution < -0.4 is 10.6 Å². The fourth-order valence-corrected chi connectivity index (χ4v) is 1.45. The monoisotopic (exact) mass is 285 g/mol. The summed E-state index contributed by atoms with van der Waals surface area (Å²) >= 11 is 3.29. The van der Waals surface area contributed by atoms with Gasteiger partial charge in [-0.1, -0.05) is 6.92 Å². The topological polar surface area (TPSA) is 78.9 Å². The highest BCUT2D eigenvalue weighted by Crippen LogP contribution is 2.12. The van der Waals surface area contributed by atoms with Crippen LogP contribution in [0.15, 0.2) is 16.9 Å². The van der Waals surface area contributed by atoms with Gasteiger partial charge >= 0.3 is 0 Å². The van der Waals surface area contributed by atoms with E-state index in [-0.39, 0.29) is 11.8 Å². The molecule has 6 heteroatoms. The fraction of sp³-hybridized carbons (Fsp3) is 0.500. The largest absolute Gasteiger partial charge is 0.387 e. The Morgan fingerprint density at radius 1 is 1.56 bits per heavy atom. The maximum atomic E-state index is 7.37. The average Bonchev–Trinajstić information content (AvgIpc) is 2.26. The van der Waals surface area contributed by atoms with Gasteiger partial charge in [0.05, 0.1) is 10.3 Å². The van der Waals surface area contributed by atoms with Crippen molar-refractivity contribution in [2.24, 2.45) is 11.7 Å². The molecule has 1 heterocycles. The van der Waals surface area contributed by atoms with Crippen LogP contribution in [0.5, 0.6) is 0 Å². The predicted octanol–water partition coefficient (Wildman–Crippen LogP) is 1.64. The zero-order chi connectivity index (χ0) is 12.1. The lowest BCUT2D eigenvalue weighted by atomic mass is 10.1. The van der Waals surface area contributed by atoms with Crippen LogP contribution in [0.1, 0.15) is 13.8 Å².